The molecule has 9 heteroatoms. The Balaban J connectivity index is 3.36. The van der Waals surface area contributed by atoms with E-state index in [1.54, 1.807) is 0 Å². The molecule has 1 heterocycles. The van der Waals surface area contributed by atoms with Crippen molar-refractivity contribution in [1.82, 2.24) is 9.97 Å². The quantitative estimate of drug-likeness (QED) is 0.896. The second kappa shape index (κ2) is 4.81. The summed E-state index contributed by atoms with van der Waals surface area (Å²) in [7, 11) is -3.56. The third-order valence-corrected chi connectivity index (χ3v) is 3.87. The van der Waals surface area contributed by atoms with Crippen LogP contribution in [0.5, 0.6) is 0 Å². The van der Waals surface area contributed by atoms with Gasteiger partial charge in [0.15, 0.2) is 15.5 Å². The zero-order chi connectivity index (χ0) is 14.1. The maximum atomic E-state index is 12.7. The van der Waals surface area contributed by atoms with Gasteiger partial charge in [-0.3, -0.25) is 0 Å². The predicted molar refractivity (Wildman–Crippen MR) is 58.2 cm³/mol. The van der Waals surface area contributed by atoms with Crippen molar-refractivity contribution < 1.29 is 21.6 Å². The Morgan fingerprint density at radius 2 is 2.00 bits per heavy atom. The van der Waals surface area contributed by atoms with E-state index in [9.17, 15) is 21.6 Å². The molecule has 0 bridgehead atoms. The molecule has 1 rings (SSSR count). The van der Waals surface area contributed by atoms with Gasteiger partial charge in [0.1, 0.15) is 11.1 Å². The van der Waals surface area contributed by atoms with Crippen LogP contribution in [0.1, 0.15) is 29.3 Å². The fourth-order valence-electron chi connectivity index (χ4n) is 1.20. The van der Waals surface area contributed by atoms with Gasteiger partial charge in [0, 0.05) is 24.6 Å². The van der Waals surface area contributed by atoms with E-state index >= 15 is 0 Å². The van der Waals surface area contributed by atoms with Gasteiger partial charge in [0.05, 0.1) is 0 Å². The Kier molecular flexibility index (Phi) is 3.96. The summed E-state index contributed by atoms with van der Waals surface area (Å²) in [5.74, 6) is -0.387. The maximum absolute atomic E-state index is 12.7. The lowest BCUT2D eigenvalue weighted by atomic mass is 10.2. The lowest BCUT2D eigenvalue weighted by molar-refractivity contribution is -0.142. The summed E-state index contributed by atoms with van der Waals surface area (Å²) in [6, 6.07) is 0. The molecule has 0 aliphatic carbocycles. The van der Waals surface area contributed by atoms with E-state index in [4.69, 9.17) is 5.73 Å². The molecule has 2 N–H and O–H groups in total. The first kappa shape index (κ1) is 14.8. The SMILES string of the molecule is CC(c1ncc(CN)c(C(F)(F)F)n1)S(C)(=O)=O. The molecule has 0 aromatic carbocycles. The molecule has 1 aromatic heterocycles. The van der Waals surface area contributed by atoms with Crippen LogP contribution in [0.3, 0.4) is 0 Å². The fraction of sp³-hybridized carbons (Fsp3) is 0.556. The van der Waals surface area contributed by atoms with Gasteiger partial charge in [0.25, 0.3) is 0 Å². The number of hydrogen-bond acceptors (Lipinski definition) is 5. The number of rotatable bonds is 3. The normalized spacial score (nSPS) is 14.6. The minimum atomic E-state index is -4.69. The molecule has 0 radical (unpaired) electrons. The minimum absolute atomic E-state index is 0.271. The van der Waals surface area contributed by atoms with E-state index in [0.29, 0.717) is 0 Å². The highest BCUT2D eigenvalue weighted by molar-refractivity contribution is 7.90. The number of alkyl halides is 3. The van der Waals surface area contributed by atoms with Crippen molar-refractivity contribution in [2.24, 2.45) is 5.73 Å². The van der Waals surface area contributed by atoms with Gasteiger partial charge in [-0.1, -0.05) is 0 Å². The van der Waals surface area contributed by atoms with Crippen LogP contribution in [0.4, 0.5) is 13.2 Å². The third kappa shape index (κ3) is 3.16. The van der Waals surface area contributed by atoms with Gasteiger partial charge in [0.2, 0.25) is 0 Å². The zero-order valence-corrected chi connectivity index (χ0v) is 10.5. The average Bonchev–Trinajstić information content (AvgIpc) is 2.24. The van der Waals surface area contributed by atoms with Crippen LogP contribution < -0.4 is 5.73 Å². The molecule has 0 amide bonds. The molecule has 1 atom stereocenters. The van der Waals surface area contributed by atoms with Crippen molar-refractivity contribution in [3.05, 3.63) is 23.3 Å². The molecule has 0 saturated heterocycles. The molecule has 0 spiro atoms. The second-order valence-corrected chi connectivity index (χ2v) is 6.14. The number of aromatic nitrogens is 2. The van der Waals surface area contributed by atoms with Crippen molar-refractivity contribution in [3.63, 3.8) is 0 Å². The summed E-state index contributed by atoms with van der Waals surface area (Å²) < 4.78 is 60.6. The van der Waals surface area contributed by atoms with Crippen molar-refractivity contribution in [1.29, 1.82) is 0 Å². The molecule has 102 valence electrons. The van der Waals surface area contributed by atoms with E-state index in [1.165, 1.54) is 6.92 Å². The lowest BCUT2D eigenvalue weighted by Gasteiger charge is -2.14. The topological polar surface area (TPSA) is 85.9 Å². The number of hydrogen-bond donors (Lipinski definition) is 1. The van der Waals surface area contributed by atoms with E-state index in [0.717, 1.165) is 12.5 Å². The van der Waals surface area contributed by atoms with Crippen molar-refractivity contribution in [2.75, 3.05) is 6.26 Å². The third-order valence-electron chi connectivity index (χ3n) is 2.38. The minimum Gasteiger partial charge on any atom is -0.326 e. The van der Waals surface area contributed by atoms with Crippen LogP contribution in [-0.4, -0.2) is 24.6 Å². The summed E-state index contributed by atoms with van der Waals surface area (Å²) in [5, 5.41) is -1.20. The molecule has 0 fully saturated rings. The maximum Gasteiger partial charge on any atom is 0.433 e. The van der Waals surface area contributed by atoms with Gasteiger partial charge >= 0.3 is 6.18 Å². The van der Waals surface area contributed by atoms with Crippen LogP contribution in [0.2, 0.25) is 0 Å². The molecule has 18 heavy (non-hydrogen) atoms. The highest BCUT2D eigenvalue weighted by atomic mass is 32.2. The number of halogens is 3. The Morgan fingerprint density at radius 1 is 1.44 bits per heavy atom. The van der Waals surface area contributed by atoms with E-state index in [-0.39, 0.29) is 17.9 Å². The molecule has 1 unspecified atom stereocenters. The van der Waals surface area contributed by atoms with Gasteiger partial charge < -0.3 is 5.73 Å². The molecule has 0 aliphatic rings. The van der Waals surface area contributed by atoms with E-state index < -0.39 is 27.0 Å². The fourth-order valence-corrected chi connectivity index (χ4v) is 1.70. The van der Waals surface area contributed by atoms with Gasteiger partial charge in [-0.05, 0) is 6.92 Å². The molecular weight excluding hydrogens is 271 g/mol. The first-order valence-corrected chi connectivity index (χ1v) is 6.84. The van der Waals surface area contributed by atoms with Gasteiger partial charge in [-0.15, -0.1) is 0 Å². The van der Waals surface area contributed by atoms with Gasteiger partial charge in [-0.2, -0.15) is 13.2 Å². The molecule has 5 nitrogen and oxygen atoms in total. The number of nitrogens with zero attached hydrogens (tertiary/aromatic N) is 2. The smallest absolute Gasteiger partial charge is 0.326 e. The molecule has 0 saturated carbocycles. The molecular formula is C9H12F3N3O2S. The first-order valence-electron chi connectivity index (χ1n) is 4.89. The van der Waals surface area contributed by atoms with Gasteiger partial charge in [-0.25, -0.2) is 18.4 Å². The summed E-state index contributed by atoms with van der Waals surface area (Å²) in [4.78, 5) is 6.91. The predicted octanol–water partition coefficient (Wildman–Crippen LogP) is 1.06. The number of nitrogens with two attached hydrogens (primary N) is 1. The zero-order valence-electron chi connectivity index (χ0n) is 9.69. The highest BCUT2D eigenvalue weighted by Crippen LogP contribution is 2.31. The van der Waals surface area contributed by atoms with Crippen LogP contribution >= 0.6 is 0 Å². The first-order chi connectivity index (χ1) is 8.07. The Morgan fingerprint density at radius 3 is 2.39 bits per heavy atom. The van der Waals surface area contributed by atoms with Crippen LogP contribution in [-0.2, 0) is 22.6 Å². The van der Waals surface area contributed by atoms with Crippen molar-refractivity contribution >= 4 is 9.84 Å². The van der Waals surface area contributed by atoms with Crippen molar-refractivity contribution in [3.8, 4) is 0 Å². The standard InChI is InChI=1S/C9H12F3N3O2S/c1-5(18(2,16)17)8-14-4-6(3-13)7(15-8)9(10,11)12/h4-5H,3,13H2,1-2H3. The largest absolute Gasteiger partial charge is 0.433 e. The number of sulfone groups is 1. The monoisotopic (exact) mass is 283 g/mol. The Labute approximate surface area is 102 Å². The highest BCUT2D eigenvalue weighted by Gasteiger charge is 2.36. The Bertz CT molecular complexity index is 542. The Hall–Kier alpha value is -1.22. The van der Waals surface area contributed by atoms with Crippen LogP contribution in [0, 0.1) is 0 Å². The molecule has 0 aliphatic heterocycles. The van der Waals surface area contributed by atoms with Crippen LogP contribution in [0.25, 0.3) is 0 Å². The summed E-state index contributed by atoms with van der Waals surface area (Å²) in [6.07, 6.45) is -2.87. The van der Waals surface area contributed by atoms with Crippen molar-refractivity contribution in [2.45, 2.75) is 24.9 Å². The van der Waals surface area contributed by atoms with E-state index in [2.05, 4.69) is 9.97 Å². The lowest BCUT2D eigenvalue weighted by Crippen LogP contribution is -2.19. The average molecular weight is 283 g/mol. The second-order valence-electron chi connectivity index (χ2n) is 3.78. The summed E-state index contributed by atoms with van der Waals surface area (Å²) in [5.41, 5.74) is 3.70. The molecule has 1 aromatic rings. The summed E-state index contributed by atoms with van der Waals surface area (Å²) >= 11 is 0. The summed E-state index contributed by atoms with van der Waals surface area (Å²) in [6.45, 7) is 0.856. The van der Waals surface area contributed by atoms with E-state index in [1.807, 2.05) is 0 Å². The van der Waals surface area contributed by atoms with Crippen LogP contribution in [0.15, 0.2) is 6.20 Å².